The molecule has 6 nitrogen and oxygen atoms in total. The number of hydrogen-bond acceptors (Lipinski definition) is 5. The third-order valence-electron chi connectivity index (χ3n) is 2.87. The van der Waals surface area contributed by atoms with Crippen molar-refractivity contribution in [3.05, 3.63) is 23.4 Å². The summed E-state index contributed by atoms with van der Waals surface area (Å²) in [6.07, 6.45) is 0. The van der Waals surface area contributed by atoms with Gasteiger partial charge in [-0.1, -0.05) is 13.8 Å². The maximum absolute atomic E-state index is 12.3. The molecule has 0 aliphatic heterocycles. The molecule has 1 heterocycles. The van der Waals surface area contributed by atoms with Crippen LogP contribution in [-0.2, 0) is 0 Å². The first kappa shape index (κ1) is 15.4. The third-order valence-corrected chi connectivity index (χ3v) is 2.87. The van der Waals surface area contributed by atoms with Gasteiger partial charge >= 0.3 is 0 Å². The van der Waals surface area contributed by atoms with Crippen LogP contribution < -0.4 is 11.3 Å². The number of anilines is 1. The standard InChI is InChI=1S/C13H22N4O2/c1-4-17(5-6-18)13(19)10-7-11(9(2)3)15-12(8-10)16-14/h7-9,18H,4-6,14H2,1-3H3,(H,15,16). The SMILES string of the molecule is CCN(CCO)C(=O)c1cc(NN)nc(C(C)C)c1. The molecule has 1 aromatic rings. The zero-order chi connectivity index (χ0) is 14.4. The monoisotopic (exact) mass is 266 g/mol. The lowest BCUT2D eigenvalue weighted by Crippen LogP contribution is -2.33. The van der Waals surface area contributed by atoms with Gasteiger partial charge in [0, 0.05) is 24.3 Å². The predicted octanol–water partition coefficient (Wildman–Crippen LogP) is 0.945. The Bertz CT molecular complexity index is 435. The second-order valence-corrected chi connectivity index (χ2v) is 4.57. The van der Waals surface area contributed by atoms with Gasteiger partial charge in [0.05, 0.1) is 6.61 Å². The molecule has 6 heteroatoms. The van der Waals surface area contributed by atoms with Crippen molar-refractivity contribution in [2.45, 2.75) is 26.7 Å². The fraction of sp³-hybridized carbons (Fsp3) is 0.538. The van der Waals surface area contributed by atoms with Crippen molar-refractivity contribution in [2.24, 2.45) is 5.84 Å². The van der Waals surface area contributed by atoms with E-state index in [4.69, 9.17) is 10.9 Å². The maximum Gasteiger partial charge on any atom is 0.254 e. The molecule has 1 rings (SSSR count). The summed E-state index contributed by atoms with van der Waals surface area (Å²) in [5.41, 5.74) is 3.81. The van der Waals surface area contributed by atoms with Crippen molar-refractivity contribution >= 4 is 11.7 Å². The average molecular weight is 266 g/mol. The summed E-state index contributed by atoms with van der Waals surface area (Å²) in [5, 5.41) is 8.97. The average Bonchev–Trinajstić information content (AvgIpc) is 2.43. The van der Waals surface area contributed by atoms with Gasteiger partial charge in [0.15, 0.2) is 0 Å². The van der Waals surface area contributed by atoms with Crippen molar-refractivity contribution in [3.63, 3.8) is 0 Å². The highest BCUT2D eigenvalue weighted by molar-refractivity contribution is 5.95. The van der Waals surface area contributed by atoms with Gasteiger partial charge in [0.25, 0.3) is 5.91 Å². The summed E-state index contributed by atoms with van der Waals surface area (Å²) < 4.78 is 0. The first-order valence-corrected chi connectivity index (χ1v) is 6.42. The van der Waals surface area contributed by atoms with Crippen molar-refractivity contribution in [1.82, 2.24) is 9.88 Å². The van der Waals surface area contributed by atoms with Gasteiger partial charge in [0.2, 0.25) is 0 Å². The second-order valence-electron chi connectivity index (χ2n) is 4.57. The molecule has 0 saturated carbocycles. The Labute approximate surface area is 113 Å². The minimum atomic E-state index is -0.127. The van der Waals surface area contributed by atoms with Gasteiger partial charge in [0.1, 0.15) is 5.82 Å². The lowest BCUT2D eigenvalue weighted by atomic mass is 10.1. The molecule has 0 unspecified atom stereocenters. The van der Waals surface area contributed by atoms with Crippen LogP contribution in [0, 0.1) is 0 Å². The largest absolute Gasteiger partial charge is 0.395 e. The normalized spacial score (nSPS) is 10.6. The molecular weight excluding hydrogens is 244 g/mol. The summed E-state index contributed by atoms with van der Waals surface area (Å²) in [6.45, 7) is 6.69. The number of pyridine rings is 1. The fourth-order valence-electron chi connectivity index (χ4n) is 1.75. The summed E-state index contributed by atoms with van der Waals surface area (Å²) in [7, 11) is 0. The van der Waals surface area contributed by atoms with E-state index in [0.717, 1.165) is 5.69 Å². The van der Waals surface area contributed by atoms with Crippen LogP contribution in [0.4, 0.5) is 5.82 Å². The van der Waals surface area contributed by atoms with Crippen molar-refractivity contribution in [3.8, 4) is 0 Å². The molecule has 0 aromatic carbocycles. The first-order valence-electron chi connectivity index (χ1n) is 6.42. The van der Waals surface area contributed by atoms with Crippen LogP contribution >= 0.6 is 0 Å². The Kier molecular flexibility index (Phi) is 5.72. The number of aliphatic hydroxyl groups excluding tert-OH is 1. The molecule has 0 bridgehead atoms. The Morgan fingerprint density at radius 2 is 2.21 bits per heavy atom. The molecule has 0 atom stereocenters. The van der Waals surface area contributed by atoms with Gasteiger partial charge in [-0.15, -0.1) is 0 Å². The topological polar surface area (TPSA) is 91.5 Å². The number of nitrogens with one attached hydrogen (secondary N) is 1. The molecule has 19 heavy (non-hydrogen) atoms. The number of likely N-dealkylation sites (N-methyl/N-ethyl adjacent to an activating group) is 1. The molecule has 0 fully saturated rings. The predicted molar refractivity (Wildman–Crippen MR) is 74.8 cm³/mol. The van der Waals surface area contributed by atoms with E-state index in [2.05, 4.69) is 10.4 Å². The fourth-order valence-corrected chi connectivity index (χ4v) is 1.75. The number of nitrogen functional groups attached to an aromatic ring is 1. The Morgan fingerprint density at radius 1 is 1.53 bits per heavy atom. The molecule has 0 aliphatic carbocycles. The number of nitrogens with two attached hydrogens (primary N) is 1. The van der Waals surface area contributed by atoms with Crippen LogP contribution in [0.5, 0.6) is 0 Å². The molecule has 0 radical (unpaired) electrons. The minimum absolute atomic E-state index is 0.0519. The van der Waals surface area contributed by atoms with E-state index in [1.807, 2.05) is 20.8 Å². The Balaban J connectivity index is 3.10. The molecule has 1 amide bonds. The second kappa shape index (κ2) is 7.06. The lowest BCUT2D eigenvalue weighted by Gasteiger charge is -2.20. The van der Waals surface area contributed by atoms with Gasteiger partial charge in [-0.3, -0.25) is 4.79 Å². The molecular formula is C13H22N4O2. The van der Waals surface area contributed by atoms with E-state index in [0.29, 0.717) is 24.5 Å². The van der Waals surface area contributed by atoms with Crippen LogP contribution in [0.2, 0.25) is 0 Å². The Morgan fingerprint density at radius 3 is 2.68 bits per heavy atom. The number of nitrogens with zero attached hydrogens (tertiary/aromatic N) is 2. The smallest absolute Gasteiger partial charge is 0.254 e. The molecule has 0 aliphatic rings. The highest BCUT2D eigenvalue weighted by atomic mass is 16.3. The number of rotatable bonds is 6. The third kappa shape index (κ3) is 3.90. The van der Waals surface area contributed by atoms with Crippen LogP contribution in [-0.4, -0.2) is 40.6 Å². The molecule has 106 valence electrons. The highest BCUT2D eigenvalue weighted by Gasteiger charge is 2.16. The maximum atomic E-state index is 12.3. The lowest BCUT2D eigenvalue weighted by molar-refractivity contribution is 0.0732. The van der Waals surface area contributed by atoms with Crippen LogP contribution in [0.25, 0.3) is 0 Å². The van der Waals surface area contributed by atoms with Gasteiger partial charge in [-0.25, -0.2) is 10.8 Å². The van der Waals surface area contributed by atoms with Crippen LogP contribution in [0.15, 0.2) is 12.1 Å². The van der Waals surface area contributed by atoms with E-state index in [9.17, 15) is 4.79 Å². The Hall–Kier alpha value is -1.66. The van der Waals surface area contributed by atoms with Gasteiger partial charge < -0.3 is 15.4 Å². The first-order chi connectivity index (χ1) is 9.03. The molecule has 1 aromatic heterocycles. The summed E-state index contributed by atoms with van der Waals surface area (Å²) >= 11 is 0. The van der Waals surface area contributed by atoms with Crippen LogP contribution in [0.3, 0.4) is 0 Å². The van der Waals surface area contributed by atoms with E-state index >= 15 is 0 Å². The number of aliphatic hydroxyl groups is 1. The minimum Gasteiger partial charge on any atom is -0.395 e. The molecule has 0 saturated heterocycles. The van der Waals surface area contributed by atoms with E-state index < -0.39 is 0 Å². The van der Waals surface area contributed by atoms with Gasteiger partial charge in [-0.05, 0) is 25.0 Å². The van der Waals surface area contributed by atoms with E-state index in [1.54, 1.807) is 17.0 Å². The highest BCUT2D eigenvalue weighted by Crippen LogP contribution is 2.18. The van der Waals surface area contributed by atoms with Crippen LogP contribution in [0.1, 0.15) is 42.7 Å². The number of carbonyl (C=O) groups is 1. The molecule has 4 N–H and O–H groups in total. The number of amides is 1. The number of hydrazine groups is 1. The summed E-state index contributed by atoms with van der Waals surface area (Å²) in [4.78, 5) is 18.2. The summed E-state index contributed by atoms with van der Waals surface area (Å²) in [6, 6.07) is 3.39. The number of aromatic nitrogens is 1. The van der Waals surface area contributed by atoms with E-state index in [1.165, 1.54) is 0 Å². The van der Waals surface area contributed by atoms with Crippen molar-refractivity contribution in [1.29, 1.82) is 0 Å². The zero-order valence-corrected chi connectivity index (χ0v) is 11.7. The zero-order valence-electron chi connectivity index (χ0n) is 11.7. The van der Waals surface area contributed by atoms with Gasteiger partial charge in [-0.2, -0.15) is 0 Å². The van der Waals surface area contributed by atoms with Crippen molar-refractivity contribution in [2.75, 3.05) is 25.1 Å². The number of hydrogen-bond donors (Lipinski definition) is 3. The van der Waals surface area contributed by atoms with E-state index in [-0.39, 0.29) is 18.4 Å². The number of carbonyl (C=O) groups excluding carboxylic acids is 1. The van der Waals surface area contributed by atoms with Crippen molar-refractivity contribution < 1.29 is 9.90 Å². The molecule has 0 spiro atoms. The summed E-state index contributed by atoms with van der Waals surface area (Å²) in [5.74, 6) is 5.92. The quantitative estimate of drug-likeness (QED) is 0.526.